The summed E-state index contributed by atoms with van der Waals surface area (Å²) in [5, 5.41) is 9.34. The predicted octanol–water partition coefficient (Wildman–Crippen LogP) is 0.531. The minimum Gasteiger partial charge on any atom is -0.348 e. The molecular formula is C14H22N4O4S. The number of nitrogens with one attached hydrogen (secondary N) is 2. The number of fused-ring (bicyclic) bond motifs is 1. The Kier molecular flexibility index (Phi) is 4.52. The maximum Gasteiger partial charge on any atom is 0.314 e. The van der Waals surface area contributed by atoms with Crippen LogP contribution in [-0.2, 0) is 36.5 Å². The SMILES string of the molecule is CCCNC(=O)C(=O)Nc1c2c(nn1C(C)(C)C)CS(=O)(=O)C2. The standard InChI is InChI=1S/C14H22N4O4S/c1-5-6-15-12(19)13(20)16-11-9-7-23(21,22)8-10(9)17-18(11)14(2,3)4/h5-8H2,1-4H3,(H,15,19)(H,16,20). The minimum atomic E-state index is -3.24. The minimum absolute atomic E-state index is 0.143. The third-order valence-corrected chi connectivity index (χ3v) is 4.84. The van der Waals surface area contributed by atoms with E-state index in [2.05, 4.69) is 15.7 Å². The molecule has 0 saturated heterocycles. The van der Waals surface area contributed by atoms with Gasteiger partial charge in [0.05, 0.1) is 22.7 Å². The van der Waals surface area contributed by atoms with E-state index in [4.69, 9.17) is 0 Å². The summed E-state index contributed by atoms with van der Waals surface area (Å²) in [6, 6.07) is 0. The van der Waals surface area contributed by atoms with E-state index < -0.39 is 27.2 Å². The quantitative estimate of drug-likeness (QED) is 0.779. The van der Waals surface area contributed by atoms with Crippen LogP contribution in [0.4, 0.5) is 5.82 Å². The van der Waals surface area contributed by atoms with Crippen molar-refractivity contribution in [1.29, 1.82) is 0 Å². The highest BCUT2D eigenvalue weighted by atomic mass is 32.2. The smallest absolute Gasteiger partial charge is 0.314 e. The Hall–Kier alpha value is -1.90. The second kappa shape index (κ2) is 5.95. The van der Waals surface area contributed by atoms with Gasteiger partial charge in [-0.3, -0.25) is 9.59 Å². The van der Waals surface area contributed by atoms with Crippen LogP contribution in [0.3, 0.4) is 0 Å². The van der Waals surface area contributed by atoms with Crippen molar-refractivity contribution >= 4 is 27.5 Å². The molecule has 0 aliphatic carbocycles. The summed E-state index contributed by atoms with van der Waals surface area (Å²) in [6.07, 6.45) is 0.715. The molecule has 9 heteroatoms. The third-order valence-electron chi connectivity index (χ3n) is 3.40. The number of aromatic nitrogens is 2. The third kappa shape index (κ3) is 3.72. The van der Waals surface area contributed by atoms with Crippen LogP contribution in [-0.4, -0.2) is 36.6 Å². The number of nitrogens with zero attached hydrogens (tertiary/aromatic N) is 2. The predicted molar refractivity (Wildman–Crippen MR) is 85.5 cm³/mol. The van der Waals surface area contributed by atoms with E-state index in [0.29, 0.717) is 24.2 Å². The van der Waals surface area contributed by atoms with Gasteiger partial charge in [-0.25, -0.2) is 13.1 Å². The molecule has 2 heterocycles. The van der Waals surface area contributed by atoms with E-state index in [1.807, 2.05) is 27.7 Å². The van der Waals surface area contributed by atoms with Gasteiger partial charge in [0.1, 0.15) is 5.82 Å². The molecule has 0 saturated carbocycles. The van der Waals surface area contributed by atoms with E-state index >= 15 is 0 Å². The Balaban J connectivity index is 2.34. The van der Waals surface area contributed by atoms with Gasteiger partial charge in [0.25, 0.3) is 0 Å². The van der Waals surface area contributed by atoms with Crippen LogP contribution in [0.25, 0.3) is 0 Å². The largest absolute Gasteiger partial charge is 0.348 e. The number of amides is 2. The lowest BCUT2D eigenvalue weighted by atomic mass is 10.1. The Morgan fingerprint density at radius 3 is 2.43 bits per heavy atom. The molecule has 8 nitrogen and oxygen atoms in total. The number of rotatable bonds is 3. The summed E-state index contributed by atoms with van der Waals surface area (Å²) in [7, 11) is -3.24. The number of carbonyl (C=O) groups excluding carboxylic acids is 2. The van der Waals surface area contributed by atoms with Crippen molar-refractivity contribution in [3.8, 4) is 0 Å². The number of sulfone groups is 1. The van der Waals surface area contributed by atoms with Crippen molar-refractivity contribution in [3.05, 3.63) is 11.3 Å². The highest BCUT2D eigenvalue weighted by Crippen LogP contribution is 2.34. The van der Waals surface area contributed by atoms with E-state index in [-0.39, 0.29) is 17.3 Å². The maximum atomic E-state index is 12.0. The molecule has 0 fully saturated rings. The fourth-order valence-electron chi connectivity index (χ4n) is 2.34. The summed E-state index contributed by atoms with van der Waals surface area (Å²) in [4.78, 5) is 23.8. The highest BCUT2D eigenvalue weighted by Gasteiger charge is 2.35. The van der Waals surface area contributed by atoms with Crippen molar-refractivity contribution in [3.63, 3.8) is 0 Å². The van der Waals surface area contributed by atoms with Crippen LogP contribution in [0.15, 0.2) is 0 Å². The van der Waals surface area contributed by atoms with Crippen molar-refractivity contribution < 1.29 is 18.0 Å². The molecule has 128 valence electrons. The van der Waals surface area contributed by atoms with Gasteiger partial charge < -0.3 is 10.6 Å². The van der Waals surface area contributed by atoms with Crippen LogP contribution >= 0.6 is 0 Å². The fourth-order valence-corrected chi connectivity index (χ4v) is 3.83. The zero-order valence-corrected chi connectivity index (χ0v) is 14.6. The Bertz CT molecular complexity index is 744. The summed E-state index contributed by atoms with van der Waals surface area (Å²) in [5.74, 6) is -1.61. The molecule has 0 atom stereocenters. The highest BCUT2D eigenvalue weighted by molar-refractivity contribution is 7.90. The average Bonchev–Trinajstić information content (AvgIpc) is 2.88. The van der Waals surface area contributed by atoms with Crippen LogP contribution in [0, 0.1) is 0 Å². The normalized spacial score (nSPS) is 16.0. The molecule has 1 aromatic heterocycles. The van der Waals surface area contributed by atoms with Crippen molar-refractivity contribution in [2.24, 2.45) is 0 Å². The molecule has 2 N–H and O–H groups in total. The summed E-state index contributed by atoms with van der Waals surface area (Å²) in [6.45, 7) is 7.94. The fraction of sp³-hybridized carbons (Fsp3) is 0.643. The Morgan fingerprint density at radius 2 is 1.87 bits per heavy atom. The lowest BCUT2D eigenvalue weighted by Crippen LogP contribution is -2.37. The van der Waals surface area contributed by atoms with Gasteiger partial charge in [-0.1, -0.05) is 6.92 Å². The monoisotopic (exact) mass is 342 g/mol. The first-order valence-electron chi connectivity index (χ1n) is 7.46. The zero-order chi connectivity index (χ0) is 17.4. The van der Waals surface area contributed by atoms with Crippen molar-refractivity contribution in [2.75, 3.05) is 11.9 Å². The van der Waals surface area contributed by atoms with Gasteiger partial charge in [0, 0.05) is 12.1 Å². The molecule has 1 aliphatic heterocycles. The maximum absolute atomic E-state index is 12.0. The second-order valence-electron chi connectivity index (χ2n) is 6.60. The van der Waals surface area contributed by atoms with E-state index in [0.717, 1.165) is 0 Å². The molecule has 1 aliphatic rings. The number of anilines is 1. The average molecular weight is 342 g/mol. The van der Waals surface area contributed by atoms with Gasteiger partial charge in [-0.05, 0) is 27.2 Å². The first-order chi connectivity index (χ1) is 10.5. The summed E-state index contributed by atoms with van der Waals surface area (Å²) in [5.41, 5.74) is 0.442. The van der Waals surface area contributed by atoms with Gasteiger partial charge in [-0.2, -0.15) is 5.10 Å². The second-order valence-corrected chi connectivity index (χ2v) is 8.66. The number of hydrogen-bond acceptors (Lipinski definition) is 5. The Morgan fingerprint density at radius 1 is 1.22 bits per heavy atom. The molecule has 0 aromatic carbocycles. The first kappa shape index (κ1) is 17.5. The lowest BCUT2D eigenvalue weighted by Gasteiger charge is -2.23. The lowest BCUT2D eigenvalue weighted by molar-refractivity contribution is -0.136. The topological polar surface area (TPSA) is 110 Å². The molecular weight excluding hydrogens is 320 g/mol. The molecule has 0 radical (unpaired) electrons. The van der Waals surface area contributed by atoms with Crippen LogP contribution < -0.4 is 10.6 Å². The first-order valence-corrected chi connectivity index (χ1v) is 9.28. The molecule has 1 aromatic rings. The van der Waals surface area contributed by atoms with Gasteiger partial charge in [-0.15, -0.1) is 0 Å². The van der Waals surface area contributed by atoms with Gasteiger partial charge in [0.15, 0.2) is 9.84 Å². The van der Waals surface area contributed by atoms with Gasteiger partial charge in [0.2, 0.25) is 0 Å². The molecule has 0 unspecified atom stereocenters. The van der Waals surface area contributed by atoms with Crippen molar-refractivity contribution in [2.45, 2.75) is 51.2 Å². The summed E-state index contributed by atoms with van der Waals surface area (Å²) >= 11 is 0. The zero-order valence-electron chi connectivity index (χ0n) is 13.8. The van der Waals surface area contributed by atoms with E-state index in [1.165, 1.54) is 0 Å². The van der Waals surface area contributed by atoms with Crippen LogP contribution in [0.5, 0.6) is 0 Å². The molecule has 23 heavy (non-hydrogen) atoms. The number of carbonyl (C=O) groups is 2. The summed E-state index contributed by atoms with van der Waals surface area (Å²) < 4.78 is 25.1. The molecule has 2 rings (SSSR count). The van der Waals surface area contributed by atoms with Crippen LogP contribution in [0.1, 0.15) is 45.4 Å². The van der Waals surface area contributed by atoms with Gasteiger partial charge >= 0.3 is 11.8 Å². The molecule has 2 amide bonds. The Labute approximate surface area is 135 Å². The number of hydrogen-bond donors (Lipinski definition) is 2. The van der Waals surface area contributed by atoms with Crippen LogP contribution in [0.2, 0.25) is 0 Å². The van der Waals surface area contributed by atoms with E-state index in [9.17, 15) is 18.0 Å². The molecule has 0 spiro atoms. The molecule has 0 bridgehead atoms. The van der Waals surface area contributed by atoms with E-state index in [1.54, 1.807) is 4.68 Å². The van der Waals surface area contributed by atoms with Crippen molar-refractivity contribution in [1.82, 2.24) is 15.1 Å².